The molecule has 0 saturated heterocycles. The van der Waals surface area contributed by atoms with Gasteiger partial charge >= 0.3 is 0 Å². The molecule has 0 bridgehead atoms. The van der Waals surface area contributed by atoms with Crippen molar-refractivity contribution in [2.45, 2.75) is 26.4 Å². The number of imidazole rings is 1. The summed E-state index contributed by atoms with van der Waals surface area (Å²) in [5.74, 6) is 0.804. The fourth-order valence-corrected chi connectivity index (χ4v) is 1.60. The molecule has 0 amide bonds. The Morgan fingerprint density at radius 2 is 2.18 bits per heavy atom. The highest BCUT2D eigenvalue weighted by atomic mass is 15.3. The van der Waals surface area contributed by atoms with Crippen molar-refractivity contribution in [1.29, 1.82) is 0 Å². The highest BCUT2D eigenvalue weighted by Crippen LogP contribution is 1.99. The lowest BCUT2D eigenvalue weighted by atomic mass is 10.4. The van der Waals surface area contributed by atoms with Gasteiger partial charge in [-0.3, -0.25) is 4.68 Å². The Kier molecular flexibility index (Phi) is 3.87. The molecule has 2 aromatic rings. The number of rotatable bonds is 6. The summed E-state index contributed by atoms with van der Waals surface area (Å²) in [7, 11) is 1.87. The molecule has 17 heavy (non-hydrogen) atoms. The molecule has 0 aliphatic carbocycles. The predicted molar refractivity (Wildman–Crippen MR) is 64.3 cm³/mol. The van der Waals surface area contributed by atoms with Gasteiger partial charge in [-0.1, -0.05) is 6.92 Å². The van der Waals surface area contributed by atoms with Gasteiger partial charge in [0.05, 0.1) is 18.6 Å². The smallest absolute Gasteiger partial charge is 0.170 e. The van der Waals surface area contributed by atoms with E-state index >= 15 is 0 Å². The summed E-state index contributed by atoms with van der Waals surface area (Å²) in [5, 5.41) is 7.55. The lowest BCUT2D eigenvalue weighted by Crippen LogP contribution is -2.13. The molecule has 0 aliphatic rings. The summed E-state index contributed by atoms with van der Waals surface area (Å²) in [6.07, 6.45) is 6.69. The quantitative estimate of drug-likeness (QED) is 0.742. The normalized spacial score (nSPS) is 10.9. The molecule has 2 heterocycles. The van der Waals surface area contributed by atoms with Crippen LogP contribution in [0.15, 0.2) is 18.9 Å². The summed E-state index contributed by atoms with van der Waals surface area (Å²) in [4.78, 5) is 8.51. The molecule has 0 atom stereocenters. The number of aryl methyl sites for hydroxylation is 1. The van der Waals surface area contributed by atoms with Gasteiger partial charge in [-0.2, -0.15) is 5.10 Å². The fourth-order valence-electron chi connectivity index (χ4n) is 1.60. The zero-order valence-corrected chi connectivity index (χ0v) is 10.3. The van der Waals surface area contributed by atoms with Crippen LogP contribution in [0.4, 0.5) is 0 Å². The summed E-state index contributed by atoms with van der Waals surface area (Å²) >= 11 is 0. The van der Waals surface area contributed by atoms with Crippen molar-refractivity contribution in [3.63, 3.8) is 0 Å². The molecule has 0 spiro atoms. The predicted octanol–water partition coefficient (Wildman–Crippen LogP) is 0.559. The summed E-state index contributed by atoms with van der Waals surface area (Å²) < 4.78 is 3.70. The van der Waals surface area contributed by atoms with Crippen LogP contribution >= 0.6 is 0 Å². The van der Waals surface area contributed by atoms with Gasteiger partial charge < -0.3 is 9.88 Å². The van der Waals surface area contributed by atoms with Gasteiger partial charge in [-0.15, -0.1) is 0 Å². The van der Waals surface area contributed by atoms with Gasteiger partial charge in [0.1, 0.15) is 6.33 Å². The molecule has 0 fully saturated rings. The van der Waals surface area contributed by atoms with E-state index in [9.17, 15) is 0 Å². The molecule has 0 radical (unpaired) electrons. The van der Waals surface area contributed by atoms with Gasteiger partial charge in [-0.05, 0) is 13.0 Å². The minimum absolute atomic E-state index is 0.668. The largest absolute Gasteiger partial charge is 0.329 e. The van der Waals surface area contributed by atoms with Crippen molar-refractivity contribution in [3.05, 3.63) is 30.4 Å². The van der Waals surface area contributed by atoms with Crippen molar-refractivity contribution in [1.82, 2.24) is 29.6 Å². The standard InChI is InChI=1S/C11H18N6/c1-3-4-12-5-10-6-17(9-13-10)7-11-14-8-16(2)15-11/h6,8-9,12H,3-5,7H2,1-2H3. The monoisotopic (exact) mass is 234 g/mol. The average Bonchev–Trinajstić information content (AvgIpc) is 2.90. The van der Waals surface area contributed by atoms with E-state index in [2.05, 4.69) is 27.3 Å². The first-order chi connectivity index (χ1) is 8.28. The number of nitrogens with one attached hydrogen (secondary N) is 1. The van der Waals surface area contributed by atoms with Crippen LogP contribution in [0.25, 0.3) is 0 Å². The third-order valence-corrected chi connectivity index (χ3v) is 2.39. The van der Waals surface area contributed by atoms with E-state index in [1.165, 1.54) is 0 Å². The van der Waals surface area contributed by atoms with Crippen LogP contribution in [0, 0.1) is 0 Å². The van der Waals surface area contributed by atoms with Crippen molar-refractivity contribution in [3.8, 4) is 0 Å². The SMILES string of the molecule is CCCNCc1cn(Cc2ncn(C)n2)cn1. The van der Waals surface area contributed by atoms with E-state index in [0.29, 0.717) is 6.54 Å². The minimum atomic E-state index is 0.668. The van der Waals surface area contributed by atoms with Crippen LogP contribution in [-0.2, 0) is 20.1 Å². The van der Waals surface area contributed by atoms with Crippen molar-refractivity contribution < 1.29 is 0 Å². The highest BCUT2D eigenvalue weighted by molar-refractivity contribution is 4.98. The highest BCUT2D eigenvalue weighted by Gasteiger charge is 2.02. The van der Waals surface area contributed by atoms with Crippen LogP contribution in [0.3, 0.4) is 0 Å². The molecule has 2 aromatic heterocycles. The zero-order chi connectivity index (χ0) is 12.1. The second kappa shape index (κ2) is 5.58. The molecule has 6 heteroatoms. The Balaban J connectivity index is 1.89. The van der Waals surface area contributed by atoms with Gasteiger partial charge in [0.2, 0.25) is 0 Å². The maximum atomic E-state index is 4.33. The van der Waals surface area contributed by atoms with Gasteiger partial charge in [0.15, 0.2) is 5.82 Å². The van der Waals surface area contributed by atoms with E-state index in [1.54, 1.807) is 11.0 Å². The third-order valence-electron chi connectivity index (χ3n) is 2.39. The second-order valence-electron chi connectivity index (χ2n) is 4.05. The van der Waals surface area contributed by atoms with Crippen LogP contribution in [0.5, 0.6) is 0 Å². The second-order valence-corrected chi connectivity index (χ2v) is 4.05. The van der Waals surface area contributed by atoms with E-state index in [-0.39, 0.29) is 0 Å². The first kappa shape index (κ1) is 11.8. The van der Waals surface area contributed by atoms with E-state index < -0.39 is 0 Å². The van der Waals surface area contributed by atoms with Gasteiger partial charge in [-0.25, -0.2) is 9.97 Å². The molecule has 0 saturated carbocycles. The fraction of sp³-hybridized carbons (Fsp3) is 0.545. The Morgan fingerprint density at radius 1 is 1.29 bits per heavy atom. The summed E-state index contributed by atoms with van der Waals surface area (Å²) in [6.45, 7) is 4.66. The Labute approximate surface area is 101 Å². The Bertz CT molecular complexity index is 458. The number of hydrogen-bond donors (Lipinski definition) is 1. The third kappa shape index (κ3) is 3.39. The minimum Gasteiger partial charge on any atom is -0.329 e. The summed E-state index contributed by atoms with van der Waals surface area (Å²) in [5.41, 5.74) is 1.05. The molecule has 1 N–H and O–H groups in total. The summed E-state index contributed by atoms with van der Waals surface area (Å²) in [6, 6.07) is 0. The molecular weight excluding hydrogens is 216 g/mol. The molecule has 2 rings (SSSR count). The van der Waals surface area contributed by atoms with E-state index in [0.717, 1.165) is 31.0 Å². The maximum absolute atomic E-state index is 4.33. The topological polar surface area (TPSA) is 60.6 Å². The van der Waals surface area contributed by atoms with Crippen LogP contribution in [0.2, 0.25) is 0 Å². The average molecular weight is 234 g/mol. The lowest BCUT2D eigenvalue weighted by Gasteiger charge is -1.98. The number of hydrogen-bond acceptors (Lipinski definition) is 4. The Hall–Kier alpha value is -1.69. The van der Waals surface area contributed by atoms with Gasteiger partial charge in [0, 0.05) is 19.8 Å². The van der Waals surface area contributed by atoms with Crippen molar-refractivity contribution in [2.24, 2.45) is 7.05 Å². The molecule has 92 valence electrons. The maximum Gasteiger partial charge on any atom is 0.170 e. The van der Waals surface area contributed by atoms with Crippen molar-refractivity contribution in [2.75, 3.05) is 6.54 Å². The molecule has 0 aromatic carbocycles. The van der Waals surface area contributed by atoms with E-state index in [1.807, 2.05) is 24.1 Å². The number of nitrogens with zero attached hydrogens (tertiary/aromatic N) is 5. The Morgan fingerprint density at radius 3 is 2.88 bits per heavy atom. The van der Waals surface area contributed by atoms with Gasteiger partial charge in [0.25, 0.3) is 0 Å². The molecule has 6 nitrogen and oxygen atoms in total. The van der Waals surface area contributed by atoms with Crippen LogP contribution < -0.4 is 5.32 Å². The van der Waals surface area contributed by atoms with Crippen LogP contribution in [-0.4, -0.2) is 30.9 Å². The number of aromatic nitrogens is 5. The molecular formula is C11H18N6. The lowest BCUT2D eigenvalue weighted by molar-refractivity contribution is 0.664. The zero-order valence-electron chi connectivity index (χ0n) is 10.3. The molecule has 0 unspecified atom stereocenters. The van der Waals surface area contributed by atoms with E-state index in [4.69, 9.17) is 0 Å². The van der Waals surface area contributed by atoms with Crippen LogP contribution in [0.1, 0.15) is 24.9 Å². The van der Waals surface area contributed by atoms with Crippen molar-refractivity contribution >= 4 is 0 Å². The molecule has 0 aliphatic heterocycles. The first-order valence-corrected chi connectivity index (χ1v) is 5.84. The first-order valence-electron chi connectivity index (χ1n) is 5.84.